The predicted molar refractivity (Wildman–Crippen MR) is 133 cm³/mol. The van der Waals surface area contributed by atoms with E-state index in [1.807, 2.05) is 84.9 Å². The number of halogens is 1. The summed E-state index contributed by atoms with van der Waals surface area (Å²) < 4.78 is 6.18. The first kappa shape index (κ1) is 25.0. The zero-order valence-electron chi connectivity index (χ0n) is 18.4. The molecule has 34 heavy (non-hydrogen) atoms. The second kappa shape index (κ2) is 12.6. The van der Waals surface area contributed by atoms with Crippen molar-refractivity contribution in [2.45, 2.75) is 31.5 Å². The van der Waals surface area contributed by atoms with Crippen molar-refractivity contribution in [1.29, 1.82) is 0 Å². The number of alkyl carbamates (subject to hydrolysis) is 1. The van der Waals surface area contributed by atoms with Gasteiger partial charge in [0.15, 0.2) is 0 Å². The van der Waals surface area contributed by atoms with Crippen molar-refractivity contribution in [3.8, 4) is 0 Å². The summed E-state index contributed by atoms with van der Waals surface area (Å²) in [6, 6.07) is 24.0. The molecule has 0 aliphatic rings. The van der Waals surface area contributed by atoms with Gasteiger partial charge in [0.2, 0.25) is 11.8 Å². The van der Waals surface area contributed by atoms with E-state index in [4.69, 9.17) is 10.5 Å². The van der Waals surface area contributed by atoms with Crippen LogP contribution in [0.4, 0.5) is 4.79 Å². The van der Waals surface area contributed by atoms with Crippen molar-refractivity contribution in [1.82, 2.24) is 10.6 Å². The molecule has 3 amide bonds. The molecule has 0 fully saturated rings. The molecule has 0 unspecified atom stereocenters. The van der Waals surface area contributed by atoms with Crippen molar-refractivity contribution < 1.29 is 19.1 Å². The minimum Gasteiger partial charge on any atom is -0.445 e. The fourth-order valence-electron chi connectivity index (χ4n) is 3.32. The molecule has 4 N–H and O–H groups in total. The quantitative estimate of drug-likeness (QED) is 0.377. The van der Waals surface area contributed by atoms with E-state index < -0.39 is 30.0 Å². The van der Waals surface area contributed by atoms with E-state index in [9.17, 15) is 14.4 Å². The van der Waals surface area contributed by atoms with Crippen LogP contribution in [0.3, 0.4) is 0 Å². The first-order valence-electron chi connectivity index (χ1n) is 10.8. The van der Waals surface area contributed by atoms with Crippen LogP contribution in [0, 0.1) is 0 Å². The summed E-state index contributed by atoms with van der Waals surface area (Å²) in [4.78, 5) is 37.6. The van der Waals surface area contributed by atoms with Gasteiger partial charge in [-0.3, -0.25) is 9.59 Å². The normalized spacial score (nSPS) is 12.3. The molecule has 0 spiro atoms. The molecule has 3 rings (SSSR count). The maximum Gasteiger partial charge on any atom is 0.408 e. The van der Waals surface area contributed by atoms with E-state index in [1.165, 1.54) is 0 Å². The van der Waals surface area contributed by atoms with Crippen molar-refractivity contribution in [3.05, 3.63) is 106 Å². The third-order valence-corrected chi connectivity index (χ3v) is 5.65. The van der Waals surface area contributed by atoms with Crippen LogP contribution in [0.15, 0.2) is 89.4 Å². The molecule has 2 atom stereocenters. The van der Waals surface area contributed by atoms with Crippen LogP contribution in [0.5, 0.6) is 0 Å². The molecular weight excluding hydrogens is 498 g/mol. The van der Waals surface area contributed by atoms with E-state index in [-0.39, 0.29) is 19.4 Å². The summed E-state index contributed by atoms with van der Waals surface area (Å²) in [5.41, 5.74) is 8.06. The Morgan fingerprint density at radius 2 is 1.26 bits per heavy atom. The molecule has 7 nitrogen and oxygen atoms in total. The van der Waals surface area contributed by atoms with E-state index in [2.05, 4.69) is 26.6 Å². The SMILES string of the molecule is NC(=O)[C@@H](Cc1ccc(Br)cc1)NC(=O)[C@@H](Cc1ccccc1)NC(=O)OCc1ccccc1. The Labute approximate surface area is 206 Å². The average Bonchev–Trinajstić information content (AvgIpc) is 2.84. The van der Waals surface area contributed by atoms with Crippen LogP contribution < -0.4 is 16.4 Å². The molecule has 0 aliphatic heterocycles. The van der Waals surface area contributed by atoms with Gasteiger partial charge >= 0.3 is 6.09 Å². The summed E-state index contributed by atoms with van der Waals surface area (Å²) in [6.45, 7) is 0.0693. The van der Waals surface area contributed by atoms with E-state index in [0.717, 1.165) is 21.2 Å². The third kappa shape index (κ3) is 8.04. The Bertz CT molecular complexity index is 1090. The Morgan fingerprint density at radius 1 is 0.735 bits per heavy atom. The van der Waals surface area contributed by atoms with Crippen LogP contribution in [0.1, 0.15) is 16.7 Å². The number of carbonyl (C=O) groups excluding carboxylic acids is 3. The lowest BCUT2D eigenvalue weighted by Crippen LogP contribution is -2.54. The number of amides is 3. The van der Waals surface area contributed by atoms with Gasteiger partial charge in [-0.2, -0.15) is 0 Å². The molecule has 0 aliphatic carbocycles. The third-order valence-electron chi connectivity index (χ3n) is 5.12. The van der Waals surface area contributed by atoms with Crippen LogP contribution in [0.2, 0.25) is 0 Å². The topological polar surface area (TPSA) is 111 Å². The maximum atomic E-state index is 13.1. The van der Waals surface area contributed by atoms with Gasteiger partial charge in [0, 0.05) is 17.3 Å². The molecule has 3 aromatic carbocycles. The van der Waals surface area contributed by atoms with Gasteiger partial charge in [-0.05, 0) is 28.8 Å². The Morgan fingerprint density at radius 3 is 1.85 bits per heavy atom. The first-order valence-corrected chi connectivity index (χ1v) is 11.6. The van der Waals surface area contributed by atoms with Crippen molar-refractivity contribution in [3.63, 3.8) is 0 Å². The monoisotopic (exact) mass is 523 g/mol. The van der Waals surface area contributed by atoms with Crippen molar-refractivity contribution in [2.24, 2.45) is 5.73 Å². The zero-order valence-corrected chi connectivity index (χ0v) is 20.0. The molecule has 0 saturated carbocycles. The number of benzene rings is 3. The number of hydrogen-bond acceptors (Lipinski definition) is 4. The lowest BCUT2D eigenvalue weighted by Gasteiger charge is -2.22. The molecule has 0 radical (unpaired) electrons. The largest absolute Gasteiger partial charge is 0.445 e. The number of primary amides is 1. The van der Waals surface area contributed by atoms with Gasteiger partial charge in [-0.25, -0.2) is 4.79 Å². The van der Waals surface area contributed by atoms with Gasteiger partial charge in [0.25, 0.3) is 0 Å². The van der Waals surface area contributed by atoms with E-state index in [1.54, 1.807) is 0 Å². The first-order chi connectivity index (χ1) is 16.4. The molecule has 0 aromatic heterocycles. The number of nitrogens with two attached hydrogens (primary N) is 1. The summed E-state index contributed by atoms with van der Waals surface area (Å²) in [5, 5.41) is 5.30. The van der Waals surface area contributed by atoms with Crippen molar-refractivity contribution >= 4 is 33.8 Å². The molecule has 0 bridgehead atoms. The lowest BCUT2D eigenvalue weighted by atomic mass is 10.0. The number of ether oxygens (including phenoxy) is 1. The van der Waals surface area contributed by atoms with Crippen molar-refractivity contribution in [2.75, 3.05) is 0 Å². The standard InChI is InChI=1S/C26H26BrN3O4/c27-21-13-11-19(12-14-21)15-22(24(28)31)29-25(32)23(16-18-7-3-1-4-8-18)30-26(33)34-17-20-9-5-2-6-10-20/h1-14,22-23H,15-17H2,(H2,28,31)(H,29,32)(H,30,33)/t22-,23-/m1/s1. The number of nitrogens with one attached hydrogen (secondary N) is 2. The highest BCUT2D eigenvalue weighted by Gasteiger charge is 2.26. The summed E-state index contributed by atoms with van der Waals surface area (Å²) in [7, 11) is 0. The lowest BCUT2D eigenvalue weighted by molar-refractivity contribution is -0.128. The van der Waals surface area contributed by atoms with Gasteiger partial charge in [0.05, 0.1) is 0 Å². The number of rotatable bonds is 10. The van der Waals surface area contributed by atoms with Gasteiger partial charge in [0.1, 0.15) is 18.7 Å². The van der Waals surface area contributed by atoms with Gasteiger partial charge in [-0.15, -0.1) is 0 Å². The minimum atomic E-state index is -0.961. The molecule has 176 valence electrons. The Kier molecular flexibility index (Phi) is 9.22. The fourth-order valence-corrected chi connectivity index (χ4v) is 3.58. The van der Waals surface area contributed by atoms with Crippen LogP contribution in [-0.4, -0.2) is 30.0 Å². The summed E-state index contributed by atoms with van der Waals surface area (Å²) in [6.07, 6.45) is -0.287. The maximum absolute atomic E-state index is 13.1. The summed E-state index contributed by atoms with van der Waals surface area (Å²) in [5.74, 6) is -1.19. The highest BCUT2D eigenvalue weighted by atomic mass is 79.9. The molecule has 8 heteroatoms. The smallest absolute Gasteiger partial charge is 0.408 e. The molecule has 0 heterocycles. The Hall–Kier alpha value is -3.65. The highest BCUT2D eigenvalue weighted by Crippen LogP contribution is 2.12. The zero-order chi connectivity index (χ0) is 24.3. The molecular formula is C26H26BrN3O4. The second-order valence-corrected chi connectivity index (χ2v) is 8.66. The van der Waals surface area contributed by atoms with Crippen LogP contribution in [0.25, 0.3) is 0 Å². The number of hydrogen-bond donors (Lipinski definition) is 3. The predicted octanol–water partition coefficient (Wildman–Crippen LogP) is 3.50. The van der Waals surface area contributed by atoms with Gasteiger partial charge < -0.3 is 21.1 Å². The number of carbonyl (C=O) groups is 3. The van der Waals surface area contributed by atoms with Gasteiger partial charge in [-0.1, -0.05) is 88.7 Å². The Balaban J connectivity index is 1.68. The molecule has 0 saturated heterocycles. The minimum absolute atomic E-state index is 0.0693. The van der Waals surface area contributed by atoms with Crippen LogP contribution in [-0.2, 0) is 33.8 Å². The highest BCUT2D eigenvalue weighted by molar-refractivity contribution is 9.10. The average molecular weight is 524 g/mol. The molecule has 3 aromatic rings. The second-order valence-electron chi connectivity index (χ2n) is 7.74. The van der Waals surface area contributed by atoms with E-state index in [0.29, 0.717) is 0 Å². The summed E-state index contributed by atoms with van der Waals surface area (Å²) >= 11 is 3.37. The van der Waals surface area contributed by atoms with Crippen LogP contribution >= 0.6 is 15.9 Å². The van der Waals surface area contributed by atoms with E-state index >= 15 is 0 Å². The fraction of sp³-hybridized carbons (Fsp3) is 0.192.